The Bertz CT molecular complexity index is 870. The standard InChI is InChI=1S/C24H26O4/c1-28-24(27)16-20(26)15-19(25)9-6-8-18-14-13-17-7-2-3-10-21(17)23-12-5-4-11-22(18)23/h2,4-9,11-14,19-20,25-26H,3,10,15-16H2,1H3/t19?,20-/m1/s1. The van der Waals surface area contributed by atoms with Crippen molar-refractivity contribution in [3.05, 3.63) is 83.5 Å². The van der Waals surface area contributed by atoms with Crippen LogP contribution in [0.2, 0.25) is 0 Å². The number of allylic oxidation sites excluding steroid dienone is 9. The maximum Gasteiger partial charge on any atom is 0.308 e. The van der Waals surface area contributed by atoms with E-state index in [2.05, 4.69) is 47.2 Å². The minimum absolute atomic E-state index is 0.0852. The number of ether oxygens (including phenoxy) is 1. The molecule has 4 nitrogen and oxygen atoms in total. The minimum Gasteiger partial charge on any atom is -0.469 e. The van der Waals surface area contributed by atoms with E-state index in [1.54, 1.807) is 12.2 Å². The third-order valence-corrected chi connectivity index (χ3v) is 4.97. The lowest BCUT2D eigenvalue weighted by molar-refractivity contribution is -0.143. The van der Waals surface area contributed by atoms with Gasteiger partial charge in [-0.15, -0.1) is 0 Å². The zero-order chi connectivity index (χ0) is 19.9. The van der Waals surface area contributed by atoms with Crippen LogP contribution in [0.3, 0.4) is 0 Å². The first-order valence-electron chi connectivity index (χ1n) is 9.57. The molecular formula is C24H26O4. The third-order valence-electron chi connectivity index (χ3n) is 4.97. The highest BCUT2D eigenvalue weighted by Gasteiger charge is 2.17. The number of hydrogen-bond acceptors (Lipinski definition) is 4. The lowest BCUT2D eigenvalue weighted by atomic mass is 9.89. The molecule has 2 atom stereocenters. The normalized spacial score (nSPS) is 19.3. The van der Waals surface area contributed by atoms with Crippen LogP contribution in [0, 0.1) is 0 Å². The lowest BCUT2D eigenvalue weighted by Gasteiger charge is -2.15. The molecule has 4 heteroatoms. The van der Waals surface area contributed by atoms with Gasteiger partial charge in [-0.2, -0.15) is 0 Å². The van der Waals surface area contributed by atoms with E-state index in [4.69, 9.17) is 0 Å². The highest BCUT2D eigenvalue weighted by atomic mass is 16.5. The molecule has 1 unspecified atom stereocenters. The molecule has 0 saturated carbocycles. The maximum absolute atomic E-state index is 11.2. The molecule has 1 aromatic rings. The van der Waals surface area contributed by atoms with Crippen LogP contribution in [0.1, 0.15) is 36.8 Å². The molecule has 0 bridgehead atoms. The molecule has 2 aliphatic rings. The van der Waals surface area contributed by atoms with Crippen LogP contribution in [0.15, 0.2) is 72.4 Å². The Labute approximate surface area is 165 Å². The van der Waals surface area contributed by atoms with E-state index in [9.17, 15) is 15.0 Å². The Morgan fingerprint density at radius 3 is 2.75 bits per heavy atom. The van der Waals surface area contributed by atoms with Gasteiger partial charge in [0.15, 0.2) is 0 Å². The summed E-state index contributed by atoms with van der Waals surface area (Å²) in [4.78, 5) is 11.2. The zero-order valence-electron chi connectivity index (χ0n) is 16.0. The smallest absolute Gasteiger partial charge is 0.308 e. The number of hydrogen-bond donors (Lipinski definition) is 2. The number of methoxy groups -OCH3 is 1. The first-order chi connectivity index (χ1) is 13.6. The summed E-state index contributed by atoms with van der Waals surface area (Å²) in [6.07, 6.45) is 14.3. The van der Waals surface area contributed by atoms with Crippen LogP contribution in [0.5, 0.6) is 0 Å². The van der Waals surface area contributed by atoms with Crippen LogP contribution in [-0.4, -0.2) is 35.5 Å². The van der Waals surface area contributed by atoms with Crippen molar-refractivity contribution in [2.24, 2.45) is 0 Å². The van der Waals surface area contributed by atoms with Crippen molar-refractivity contribution in [3.63, 3.8) is 0 Å². The fourth-order valence-corrected chi connectivity index (χ4v) is 3.55. The SMILES string of the molecule is COC(=O)C[C@H](O)CC(O)C=CC=C1C=CC2=C(CCC=C2)c2ccccc21. The zero-order valence-corrected chi connectivity index (χ0v) is 16.0. The van der Waals surface area contributed by atoms with Crippen LogP contribution < -0.4 is 0 Å². The molecule has 0 radical (unpaired) electrons. The molecule has 0 fully saturated rings. The van der Waals surface area contributed by atoms with Crippen LogP contribution in [0.25, 0.3) is 11.1 Å². The average molecular weight is 378 g/mol. The number of fused-ring (bicyclic) bond motifs is 2. The van der Waals surface area contributed by atoms with Crippen molar-refractivity contribution in [2.75, 3.05) is 7.11 Å². The van der Waals surface area contributed by atoms with Crippen molar-refractivity contribution in [3.8, 4) is 0 Å². The molecule has 28 heavy (non-hydrogen) atoms. The number of aliphatic hydroxyl groups excluding tert-OH is 2. The average Bonchev–Trinajstić information content (AvgIpc) is 2.85. The van der Waals surface area contributed by atoms with Gasteiger partial charge in [-0.1, -0.05) is 66.8 Å². The second-order valence-electron chi connectivity index (χ2n) is 7.00. The second-order valence-corrected chi connectivity index (χ2v) is 7.00. The Morgan fingerprint density at radius 2 is 1.96 bits per heavy atom. The van der Waals surface area contributed by atoms with Gasteiger partial charge in [0, 0.05) is 6.42 Å². The predicted octanol–water partition coefficient (Wildman–Crippen LogP) is 3.97. The second kappa shape index (κ2) is 9.49. The molecule has 2 N–H and O–H groups in total. The van der Waals surface area contributed by atoms with E-state index in [-0.39, 0.29) is 12.8 Å². The highest BCUT2D eigenvalue weighted by molar-refractivity contribution is 5.90. The van der Waals surface area contributed by atoms with Gasteiger partial charge < -0.3 is 14.9 Å². The van der Waals surface area contributed by atoms with E-state index in [0.717, 1.165) is 18.4 Å². The van der Waals surface area contributed by atoms with Crippen molar-refractivity contribution in [1.82, 2.24) is 0 Å². The van der Waals surface area contributed by atoms with E-state index < -0.39 is 18.2 Å². The fraction of sp³-hybridized carbons (Fsp3) is 0.292. The van der Waals surface area contributed by atoms with Crippen molar-refractivity contribution < 1.29 is 19.7 Å². The number of rotatable bonds is 6. The Kier molecular flexibility index (Phi) is 6.80. The lowest BCUT2D eigenvalue weighted by Crippen LogP contribution is -2.20. The number of carbonyl (C=O) groups excluding carboxylic acids is 1. The van der Waals surface area contributed by atoms with Crippen LogP contribution in [0.4, 0.5) is 0 Å². The molecule has 0 heterocycles. The Morgan fingerprint density at radius 1 is 1.18 bits per heavy atom. The summed E-state index contributed by atoms with van der Waals surface area (Å²) in [5.74, 6) is -0.489. The topological polar surface area (TPSA) is 66.8 Å². The third kappa shape index (κ3) is 4.97. The predicted molar refractivity (Wildman–Crippen MR) is 111 cm³/mol. The van der Waals surface area contributed by atoms with Gasteiger partial charge in [-0.25, -0.2) is 0 Å². The van der Waals surface area contributed by atoms with E-state index in [1.807, 2.05) is 12.1 Å². The van der Waals surface area contributed by atoms with Gasteiger partial charge >= 0.3 is 5.97 Å². The van der Waals surface area contributed by atoms with E-state index in [0.29, 0.717) is 0 Å². The number of carbonyl (C=O) groups is 1. The quantitative estimate of drug-likeness (QED) is 0.735. The molecule has 146 valence electrons. The molecule has 0 saturated heterocycles. The molecule has 3 rings (SSSR count). The number of esters is 1. The largest absolute Gasteiger partial charge is 0.469 e. The van der Waals surface area contributed by atoms with Crippen molar-refractivity contribution in [2.45, 2.75) is 37.9 Å². The number of aliphatic hydroxyl groups is 2. The summed E-state index contributed by atoms with van der Waals surface area (Å²) >= 11 is 0. The molecule has 0 aliphatic heterocycles. The van der Waals surface area contributed by atoms with E-state index >= 15 is 0 Å². The van der Waals surface area contributed by atoms with Gasteiger partial charge in [0.25, 0.3) is 0 Å². The molecule has 2 aliphatic carbocycles. The monoisotopic (exact) mass is 378 g/mol. The Hall–Kier alpha value is -2.69. The van der Waals surface area contributed by atoms with Crippen molar-refractivity contribution >= 4 is 17.1 Å². The van der Waals surface area contributed by atoms with Crippen molar-refractivity contribution in [1.29, 1.82) is 0 Å². The summed E-state index contributed by atoms with van der Waals surface area (Å²) in [5.41, 5.74) is 6.10. The summed E-state index contributed by atoms with van der Waals surface area (Å²) in [5, 5.41) is 19.9. The van der Waals surface area contributed by atoms with E-state index in [1.165, 1.54) is 29.4 Å². The summed E-state index contributed by atoms with van der Waals surface area (Å²) in [6, 6.07) is 8.37. The highest BCUT2D eigenvalue weighted by Crippen LogP contribution is 2.37. The molecule has 0 spiro atoms. The van der Waals surface area contributed by atoms with Gasteiger partial charge in [-0.05, 0) is 40.7 Å². The Balaban J connectivity index is 1.75. The van der Waals surface area contributed by atoms with Crippen LogP contribution in [-0.2, 0) is 9.53 Å². The van der Waals surface area contributed by atoms with Gasteiger partial charge in [0.05, 0.1) is 25.7 Å². The summed E-state index contributed by atoms with van der Waals surface area (Å²) < 4.78 is 4.52. The summed E-state index contributed by atoms with van der Waals surface area (Å²) in [7, 11) is 1.28. The first-order valence-corrected chi connectivity index (χ1v) is 9.57. The van der Waals surface area contributed by atoms with Gasteiger partial charge in [-0.3, -0.25) is 4.79 Å². The first kappa shape index (κ1) is 20.1. The fourth-order valence-electron chi connectivity index (χ4n) is 3.55. The summed E-state index contributed by atoms with van der Waals surface area (Å²) in [6.45, 7) is 0. The van der Waals surface area contributed by atoms with Gasteiger partial charge in [0.1, 0.15) is 0 Å². The number of benzene rings is 1. The van der Waals surface area contributed by atoms with Gasteiger partial charge in [0.2, 0.25) is 0 Å². The molecular weight excluding hydrogens is 352 g/mol. The minimum atomic E-state index is -0.930. The van der Waals surface area contributed by atoms with Crippen LogP contribution >= 0.6 is 0 Å². The molecule has 0 aromatic heterocycles. The maximum atomic E-state index is 11.2. The molecule has 0 amide bonds. The molecule has 1 aromatic carbocycles.